The van der Waals surface area contributed by atoms with Gasteiger partial charge in [-0.3, -0.25) is 9.20 Å². The molecule has 0 atom stereocenters. The molecule has 31 heavy (non-hydrogen) atoms. The lowest BCUT2D eigenvalue weighted by Gasteiger charge is -2.16. The van der Waals surface area contributed by atoms with Crippen molar-refractivity contribution < 1.29 is 9.18 Å². The number of carbonyl (C=O) groups is 1. The van der Waals surface area contributed by atoms with Crippen molar-refractivity contribution in [2.24, 2.45) is 0 Å². The summed E-state index contributed by atoms with van der Waals surface area (Å²) >= 11 is 0. The zero-order valence-corrected chi connectivity index (χ0v) is 16.5. The SMILES string of the molecule is CNC(=O)c1cccc2nc(CNc3ncnc(N)c3C#N)c(C3=CC(F)=CNC3)n12. The van der Waals surface area contributed by atoms with E-state index in [1.807, 2.05) is 6.07 Å². The number of hydrogen-bond donors (Lipinski definition) is 4. The van der Waals surface area contributed by atoms with Crippen LogP contribution in [0.3, 0.4) is 0 Å². The molecule has 1 aliphatic heterocycles. The van der Waals surface area contributed by atoms with E-state index in [1.54, 1.807) is 22.6 Å². The summed E-state index contributed by atoms with van der Waals surface area (Å²) < 4.78 is 15.7. The Kier molecular flexibility index (Phi) is 5.19. The third-order valence-corrected chi connectivity index (χ3v) is 4.74. The largest absolute Gasteiger partial charge is 0.384 e. The minimum atomic E-state index is -0.442. The Bertz CT molecular complexity index is 1290. The van der Waals surface area contributed by atoms with Crippen LogP contribution in [0.5, 0.6) is 0 Å². The molecule has 3 aromatic heterocycles. The highest BCUT2D eigenvalue weighted by molar-refractivity contribution is 5.94. The Hall–Kier alpha value is -4.46. The molecule has 0 spiro atoms. The van der Waals surface area contributed by atoms with Gasteiger partial charge in [-0.1, -0.05) is 6.07 Å². The minimum Gasteiger partial charge on any atom is -0.384 e. The molecule has 0 fully saturated rings. The molecule has 0 saturated heterocycles. The molecule has 1 aliphatic rings. The number of dihydropyridines is 1. The van der Waals surface area contributed by atoms with Gasteiger partial charge >= 0.3 is 0 Å². The van der Waals surface area contributed by atoms with E-state index in [-0.39, 0.29) is 29.7 Å². The summed E-state index contributed by atoms with van der Waals surface area (Å²) in [5.41, 5.74) is 8.47. The molecule has 0 radical (unpaired) electrons. The summed E-state index contributed by atoms with van der Waals surface area (Å²) in [5.74, 6) is -0.433. The molecule has 4 rings (SSSR count). The first kappa shape index (κ1) is 19.8. The molecule has 0 saturated carbocycles. The number of nitrogen functional groups attached to an aromatic ring is 1. The fraction of sp³-hybridized carbons (Fsp3) is 0.150. The average molecular weight is 419 g/mol. The molecule has 0 aliphatic carbocycles. The lowest BCUT2D eigenvalue weighted by Crippen LogP contribution is -2.22. The van der Waals surface area contributed by atoms with E-state index in [1.165, 1.54) is 25.7 Å². The molecule has 1 amide bonds. The number of amides is 1. The van der Waals surface area contributed by atoms with E-state index in [2.05, 4.69) is 30.9 Å². The highest BCUT2D eigenvalue weighted by Crippen LogP contribution is 2.27. The van der Waals surface area contributed by atoms with Crippen molar-refractivity contribution in [1.29, 1.82) is 5.26 Å². The fourth-order valence-corrected chi connectivity index (χ4v) is 3.38. The number of fused-ring (bicyclic) bond motifs is 1. The van der Waals surface area contributed by atoms with Crippen LogP contribution in [0, 0.1) is 11.3 Å². The van der Waals surface area contributed by atoms with E-state index < -0.39 is 5.83 Å². The number of pyridine rings is 1. The number of aromatic nitrogens is 4. The summed E-state index contributed by atoms with van der Waals surface area (Å²) in [6.45, 7) is 0.498. The first-order chi connectivity index (χ1) is 15.0. The van der Waals surface area contributed by atoms with Crippen molar-refractivity contribution in [2.45, 2.75) is 6.54 Å². The summed E-state index contributed by atoms with van der Waals surface area (Å²) in [4.78, 5) is 25.0. The van der Waals surface area contributed by atoms with Crippen molar-refractivity contribution in [2.75, 3.05) is 24.6 Å². The van der Waals surface area contributed by atoms with Crippen molar-refractivity contribution >= 4 is 28.8 Å². The van der Waals surface area contributed by atoms with Crippen LogP contribution in [0.1, 0.15) is 27.4 Å². The quantitative estimate of drug-likeness (QED) is 0.485. The summed E-state index contributed by atoms with van der Waals surface area (Å²) in [6, 6.07) is 7.11. The van der Waals surface area contributed by atoms with Gasteiger partial charge in [0.2, 0.25) is 0 Å². The van der Waals surface area contributed by atoms with Gasteiger partial charge in [0.25, 0.3) is 5.91 Å². The predicted molar refractivity (Wildman–Crippen MR) is 112 cm³/mol. The lowest BCUT2D eigenvalue weighted by atomic mass is 10.1. The maximum absolute atomic E-state index is 14.0. The van der Waals surface area contributed by atoms with E-state index in [0.29, 0.717) is 34.8 Å². The number of nitrogens with zero attached hydrogens (tertiary/aromatic N) is 5. The van der Waals surface area contributed by atoms with Gasteiger partial charge in [-0.15, -0.1) is 0 Å². The molecule has 156 valence electrons. The van der Waals surface area contributed by atoms with Crippen LogP contribution in [0.2, 0.25) is 0 Å². The van der Waals surface area contributed by atoms with E-state index in [9.17, 15) is 14.4 Å². The third kappa shape index (κ3) is 3.62. The predicted octanol–water partition coefficient (Wildman–Crippen LogP) is 1.35. The number of nitriles is 1. The van der Waals surface area contributed by atoms with Crippen LogP contribution in [-0.4, -0.2) is 38.9 Å². The number of imidazole rings is 1. The van der Waals surface area contributed by atoms with Crippen molar-refractivity contribution in [3.8, 4) is 6.07 Å². The topological polar surface area (TPSA) is 146 Å². The van der Waals surface area contributed by atoms with E-state index in [0.717, 1.165) is 0 Å². The van der Waals surface area contributed by atoms with Crippen LogP contribution >= 0.6 is 0 Å². The summed E-state index contributed by atoms with van der Waals surface area (Å²) in [6.07, 6.45) is 3.92. The highest BCUT2D eigenvalue weighted by atomic mass is 19.1. The van der Waals surface area contributed by atoms with Gasteiger partial charge in [0.15, 0.2) is 0 Å². The van der Waals surface area contributed by atoms with Gasteiger partial charge in [-0.25, -0.2) is 19.3 Å². The molecular weight excluding hydrogens is 401 g/mol. The van der Waals surface area contributed by atoms with Crippen LogP contribution in [0.4, 0.5) is 16.0 Å². The summed E-state index contributed by atoms with van der Waals surface area (Å²) in [5, 5.41) is 17.9. The van der Waals surface area contributed by atoms with Gasteiger partial charge in [0.1, 0.15) is 46.8 Å². The number of halogens is 1. The first-order valence-corrected chi connectivity index (χ1v) is 9.30. The van der Waals surface area contributed by atoms with Gasteiger partial charge < -0.3 is 21.7 Å². The third-order valence-electron chi connectivity index (χ3n) is 4.74. The van der Waals surface area contributed by atoms with Crippen LogP contribution < -0.4 is 21.7 Å². The molecule has 4 heterocycles. The zero-order valence-electron chi connectivity index (χ0n) is 16.5. The van der Waals surface area contributed by atoms with Crippen LogP contribution in [0.15, 0.2) is 42.6 Å². The number of hydrogen-bond acceptors (Lipinski definition) is 8. The van der Waals surface area contributed by atoms with Gasteiger partial charge in [-0.05, 0) is 18.2 Å². The molecule has 5 N–H and O–H groups in total. The molecular formula is C20H18FN9O. The second kappa shape index (κ2) is 8.11. The Morgan fingerprint density at radius 2 is 2.26 bits per heavy atom. The summed E-state index contributed by atoms with van der Waals surface area (Å²) in [7, 11) is 1.53. The standard InChI is InChI=1S/C20H18FN9O/c1-24-20(31)15-3-2-4-16-29-14(9-26-19-13(6-22)18(23)27-10-28-19)17(30(15)16)11-5-12(21)8-25-7-11/h2-5,8,10,25H,7,9H2,1H3,(H,24,31)(H3,23,26,27,28). The molecule has 10 nitrogen and oxygen atoms in total. The van der Waals surface area contributed by atoms with E-state index >= 15 is 0 Å². The fourth-order valence-electron chi connectivity index (χ4n) is 3.38. The average Bonchev–Trinajstić information content (AvgIpc) is 3.15. The monoisotopic (exact) mass is 419 g/mol. The van der Waals surface area contributed by atoms with Gasteiger partial charge in [0, 0.05) is 25.4 Å². The molecule has 0 aromatic carbocycles. The van der Waals surface area contributed by atoms with Crippen molar-refractivity contribution in [3.05, 3.63) is 65.3 Å². The van der Waals surface area contributed by atoms with Crippen LogP contribution in [0.25, 0.3) is 11.2 Å². The molecule has 11 heteroatoms. The lowest BCUT2D eigenvalue weighted by molar-refractivity contribution is 0.0957. The highest BCUT2D eigenvalue weighted by Gasteiger charge is 2.22. The minimum absolute atomic E-state index is 0.0588. The Labute approximate surface area is 176 Å². The molecule has 0 unspecified atom stereocenters. The van der Waals surface area contributed by atoms with Gasteiger partial charge in [0.05, 0.1) is 17.9 Å². The smallest absolute Gasteiger partial charge is 0.268 e. The van der Waals surface area contributed by atoms with Gasteiger partial charge in [-0.2, -0.15) is 5.26 Å². The van der Waals surface area contributed by atoms with Crippen molar-refractivity contribution in [3.63, 3.8) is 0 Å². The first-order valence-electron chi connectivity index (χ1n) is 9.30. The molecule has 0 bridgehead atoms. The number of anilines is 2. The zero-order chi connectivity index (χ0) is 22.0. The number of carbonyl (C=O) groups excluding carboxylic acids is 1. The normalized spacial score (nSPS) is 13.1. The second-order valence-electron chi connectivity index (χ2n) is 6.62. The molecule has 3 aromatic rings. The number of nitrogens with one attached hydrogen (secondary N) is 3. The van der Waals surface area contributed by atoms with E-state index in [4.69, 9.17) is 5.73 Å². The Morgan fingerprint density at radius 3 is 3.00 bits per heavy atom. The number of nitrogens with two attached hydrogens (primary N) is 1. The van der Waals surface area contributed by atoms with Crippen molar-refractivity contribution in [1.82, 2.24) is 30.0 Å². The number of rotatable bonds is 5. The maximum Gasteiger partial charge on any atom is 0.268 e. The Morgan fingerprint density at radius 1 is 1.42 bits per heavy atom. The van der Waals surface area contributed by atoms with Crippen LogP contribution in [-0.2, 0) is 6.54 Å². The Balaban J connectivity index is 1.85. The second-order valence-corrected chi connectivity index (χ2v) is 6.62. The number of allylic oxidation sites excluding steroid dienone is 2. The maximum atomic E-state index is 14.0.